The number of hydrogen-bond acceptors (Lipinski definition) is 4. The number of fused-ring (bicyclic) bond motifs is 18. The van der Waals surface area contributed by atoms with Crippen LogP contribution < -0.4 is 0 Å². The van der Waals surface area contributed by atoms with Crippen LogP contribution in [0.4, 0.5) is 0 Å². The molecule has 0 fully saturated rings. The lowest BCUT2D eigenvalue weighted by atomic mass is 9.67. The maximum atomic E-state index is 5.45. The Bertz CT molecular complexity index is 4440. The van der Waals surface area contributed by atoms with Gasteiger partial charge in [-0.15, -0.1) is 0 Å². The predicted octanol–water partition coefficient (Wildman–Crippen LogP) is 15.7. The Labute approximate surface area is 411 Å². The third kappa shape index (κ3) is 5.25. The van der Waals surface area contributed by atoms with E-state index >= 15 is 0 Å². The van der Waals surface area contributed by atoms with E-state index in [1.165, 1.54) is 64.3 Å². The zero-order valence-electron chi connectivity index (χ0n) is 38.0. The van der Waals surface area contributed by atoms with E-state index in [1.54, 1.807) is 0 Å². The van der Waals surface area contributed by atoms with Gasteiger partial charge in [0.25, 0.3) is 0 Å². The van der Waals surface area contributed by atoms with E-state index in [1.807, 2.05) is 24.2 Å². The minimum Gasteiger partial charge on any atom is -0.309 e. The Morgan fingerprint density at radius 2 is 0.761 bits per heavy atom. The molecule has 0 unspecified atom stereocenters. The van der Waals surface area contributed by atoms with Crippen molar-refractivity contribution in [3.05, 3.63) is 253 Å². The highest BCUT2D eigenvalue weighted by Gasteiger charge is 2.52. The van der Waals surface area contributed by atoms with E-state index in [-0.39, 0.29) is 0 Å². The second-order valence-electron chi connectivity index (χ2n) is 18.7. The molecule has 1 aliphatic carbocycles. The molecule has 14 aromatic rings. The van der Waals surface area contributed by atoms with E-state index in [0.717, 1.165) is 73.0 Å². The van der Waals surface area contributed by atoms with Gasteiger partial charge < -0.3 is 4.57 Å². The van der Waals surface area contributed by atoms with E-state index in [0.29, 0.717) is 0 Å². The molecule has 330 valence electrons. The lowest BCUT2D eigenvalue weighted by Gasteiger charge is -2.39. The Balaban J connectivity index is 0.892. The first-order valence-corrected chi connectivity index (χ1v) is 24.9. The average Bonchev–Trinajstić information content (AvgIpc) is 4.15. The lowest BCUT2D eigenvalue weighted by molar-refractivity contribution is 0.718. The zero-order valence-corrected chi connectivity index (χ0v) is 38.8. The van der Waals surface area contributed by atoms with Gasteiger partial charge in [0.15, 0.2) is 0 Å². The number of rotatable bonds is 4. The molecule has 0 N–H and O–H groups in total. The molecule has 0 saturated heterocycles. The number of nitrogens with zero attached hydrogens (tertiary/aromatic N) is 6. The average molecular weight is 923 g/mol. The van der Waals surface area contributed by atoms with Crippen LogP contribution in [0, 0.1) is 0 Å². The zero-order chi connectivity index (χ0) is 46.4. The number of aromatic nitrogens is 6. The highest BCUT2D eigenvalue weighted by molar-refractivity contribution is 7.99. The molecule has 71 heavy (non-hydrogen) atoms. The highest BCUT2D eigenvalue weighted by Crippen LogP contribution is 2.62. The third-order valence-corrected chi connectivity index (χ3v) is 16.4. The molecule has 0 amide bonds. The number of pyridine rings is 3. The third-order valence-electron chi connectivity index (χ3n) is 15.2. The van der Waals surface area contributed by atoms with Crippen LogP contribution in [0.15, 0.2) is 241 Å². The van der Waals surface area contributed by atoms with E-state index in [9.17, 15) is 0 Å². The van der Waals surface area contributed by atoms with Gasteiger partial charge in [-0.3, -0.25) is 19.1 Å². The Morgan fingerprint density at radius 1 is 0.324 bits per heavy atom. The first-order chi connectivity index (χ1) is 35.2. The van der Waals surface area contributed by atoms with Crippen LogP contribution in [0.5, 0.6) is 0 Å². The van der Waals surface area contributed by atoms with Gasteiger partial charge in [-0.05, 0) is 130 Å². The second-order valence-corrected chi connectivity index (χ2v) is 19.8. The van der Waals surface area contributed by atoms with Crippen molar-refractivity contribution in [3.63, 3.8) is 0 Å². The lowest BCUT2D eigenvalue weighted by Crippen LogP contribution is -2.32. The minimum absolute atomic E-state index is 0.679. The van der Waals surface area contributed by atoms with Crippen molar-refractivity contribution in [2.24, 2.45) is 0 Å². The maximum absolute atomic E-state index is 5.45. The van der Waals surface area contributed by atoms with Gasteiger partial charge in [0.2, 0.25) is 0 Å². The molecule has 1 spiro atoms. The van der Waals surface area contributed by atoms with Crippen LogP contribution >= 0.6 is 11.8 Å². The SMILES string of the molecule is c1cc(-n2c3ccccc3c3ccccc32)nc(-n2c3ccccc3c3cc(-c4ccc5c(c4)C4(c6cc(-n7c8ccccc8c8ccccc87)ccc6S5)c5cccnc5-c5ncccc54)ccc32)c1. The van der Waals surface area contributed by atoms with Gasteiger partial charge in [0, 0.05) is 60.2 Å². The maximum Gasteiger partial charge on any atom is 0.140 e. The van der Waals surface area contributed by atoms with Crippen molar-refractivity contribution in [3.8, 4) is 39.8 Å². The molecular weight excluding hydrogens is 885 g/mol. The summed E-state index contributed by atoms with van der Waals surface area (Å²) < 4.78 is 7.04. The van der Waals surface area contributed by atoms with Crippen molar-refractivity contribution in [1.29, 1.82) is 0 Å². The van der Waals surface area contributed by atoms with Gasteiger partial charge in [0.1, 0.15) is 11.6 Å². The molecule has 16 rings (SSSR count). The minimum atomic E-state index is -0.679. The summed E-state index contributed by atoms with van der Waals surface area (Å²) in [7, 11) is 0. The van der Waals surface area contributed by atoms with E-state index in [4.69, 9.17) is 15.0 Å². The van der Waals surface area contributed by atoms with Crippen molar-refractivity contribution < 1.29 is 0 Å². The molecule has 6 nitrogen and oxygen atoms in total. The number of hydrogen-bond donors (Lipinski definition) is 0. The fourth-order valence-corrected chi connectivity index (χ4v) is 13.5. The van der Waals surface area contributed by atoms with E-state index < -0.39 is 5.41 Å². The molecule has 0 bridgehead atoms. The molecule has 0 radical (unpaired) electrons. The summed E-state index contributed by atoms with van der Waals surface area (Å²) in [4.78, 5) is 18.1. The fraction of sp³-hybridized carbons (Fsp3) is 0.0156. The summed E-state index contributed by atoms with van der Waals surface area (Å²) in [5.41, 5.74) is 16.3. The highest BCUT2D eigenvalue weighted by atomic mass is 32.2. The second kappa shape index (κ2) is 14.5. The van der Waals surface area contributed by atoms with Crippen molar-refractivity contribution in [2.75, 3.05) is 0 Å². The van der Waals surface area contributed by atoms with Gasteiger partial charge >= 0.3 is 0 Å². The molecule has 0 saturated carbocycles. The molecule has 7 heterocycles. The molecule has 0 atom stereocenters. The predicted molar refractivity (Wildman–Crippen MR) is 290 cm³/mol. The monoisotopic (exact) mass is 922 g/mol. The standard InChI is InChI=1S/C64H38N6S/c1-6-21-52-42(14-1)43-15-2-7-22-53(43)68(52)41-30-33-59-51(38-41)64(48-19-12-34-65-62(48)63-49(64)20-13-35-66-63)50-37-40(29-32-58(50)71-59)39-28-31-57-47(36-39)46-18-5-10-25-56(46)70(57)61-27-11-26-60(67-61)69-54-23-8-3-16-44(54)45-17-4-9-24-55(45)69/h1-38H. The first kappa shape index (κ1) is 38.9. The summed E-state index contributed by atoms with van der Waals surface area (Å²) in [6, 6.07) is 79.7. The van der Waals surface area contributed by atoms with Crippen molar-refractivity contribution in [2.45, 2.75) is 15.2 Å². The molecule has 7 heteroatoms. The number of para-hydroxylation sites is 5. The molecule has 8 aromatic carbocycles. The molecule has 2 aliphatic rings. The quantitative estimate of drug-likeness (QED) is 0.176. The van der Waals surface area contributed by atoms with Gasteiger partial charge in [-0.2, -0.15) is 0 Å². The summed E-state index contributed by atoms with van der Waals surface area (Å²) in [5.74, 6) is 1.75. The largest absolute Gasteiger partial charge is 0.309 e. The molecule has 6 aromatic heterocycles. The Morgan fingerprint density at radius 3 is 1.31 bits per heavy atom. The van der Waals surface area contributed by atoms with Gasteiger partial charge in [0.05, 0.1) is 49.9 Å². The van der Waals surface area contributed by atoms with Crippen LogP contribution in [0.2, 0.25) is 0 Å². The summed E-state index contributed by atoms with van der Waals surface area (Å²) in [5, 5.41) is 7.28. The normalized spacial score (nSPS) is 13.4. The summed E-state index contributed by atoms with van der Waals surface area (Å²) in [6.07, 6.45) is 3.81. The van der Waals surface area contributed by atoms with Crippen LogP contribution in [-0.4, -0.2) is 28.7 Å². The topological polar surface area (TPSA) is 53.5 Å². The van der Waals surface area contributed by atoms with Crippen LogP contribution in [0.25, 0.3) is 105 Å². The van der Waals surface area contributed by atoms with Gasteiger partial charge in [-0.1, -0.05) is 133 Å². The van der Waals surface area contributed by atoms with Crippen molar-refractivity contribution >= 4 is 77.2 Å². The molecule has 1 aliphatic heterocycles. The Kier molecular flexibility index (Phi) is 7.94. The van der Waals surface area contributed by atoms with Crippen LogP contribution in [-0.2, 0) is 5.41 Å². The van der Waals surface area contributed by atoms with Crippen LogP contribution in [0.3, 0.4) is 0 Å². The molecular formula is C64H38N6S. The van der Waals surface area contributed by atoms with Gasteiger partial charge in [-0.25, -0.2) is 4.98 Å². The van der Waals surface area contributed by atoms with Crippen LogP contribution in [0.1, 0.15) is 22.3 Å². The first-order valence-electron chi connectivity index (χ1n) is 24.1. The smallest absolute Gasteiger partial charge is 0.140 e. The Hall–Kier alpha value is -9.04. The summed E-state index contributed by atoms with van der Waals surface area (Å²) >= 11 is 1.85. The fourth-order valence-electron chi connectivity index (χ4n) is 12.3. The van der Waals surface area contributed by atoms with E-state index in [2.05, 4.69) is 232 Å². The number of benzene rings is 8. The van der Waals surface area contributed by atoms with Crippen molar-refractivity contribution in [1.82, 2.24) is 28.7 Å². The summed E-state index contributed by atoms with van der Waals surface area (Å²) in [6.45, 7) is 0.